The van der Waals surface area contributed by atoms with Crippen molar-refractivity contribution in [1.29, 1.82) is 0 Å². The third-order valence-electron chi connectivity index (χ3n) is 2.80. The van der Waals surface area contributed by atoms with E-state index in [0.29, 0.717) is 5.92 Å². The number of allylic oxidation sites excluding steroid dienone is 4. The van der Waals surface area contributed by atoms with Crippen LogP contribution in [0, 0.1) is 5.92 Å². The highest BCUT2D eigenvalue weighted by atomic mass is 35.5. The number of halogens is 2. The molecule has 74 valence electrons. The zero-order chi connectivity index (χ0) is 10.4. The molecule has 0 nitrogen and oxygen atoms in total. The Morgan fingerprint density at radius 2 is 1.87 bits per heavy atom. The zero-order valence-corrected chi connectivity index (χ0v) is 9.39. The quantitative estimate of drug-likeness (QED) is 0.648. The molecule has 0 saturated carbocycles. The summed E-state index contributed by atoms with van der Waals surface area (Å²) < 4.78 is 0. The number of benzene rings is 1. The molecule has 1 atom stereocenters. The summed E-state index contributed by atoms with van der Waals surface area (Å²) in [5, 5.41) is 4.05. The first-order valence-electron chi connectivity index (χ1n) is 4.81. The van der Waals surface area contributed by atoms with Gasteiger partial charge in [-0.3, -0.25) is 0 Å². The molecule has 0 saturated heterocycles. The lowest BCUT2D eigenvalue weighted by atomic mass is 9.97. The van der Waals surface area contributed by atoms with Crippen LogP contribution in [-0.4, -0.2) is 0 Å². The molecule has 0 fully saturated rings. The van der Waals surface area contributed by atoms with E-state index in [1.807, 2.05) is 18.2 Å². The van der Waals surface area contributed by atoms with E-state index in [1.54, 1.807) is 0 Å². The Morgan fingerprint density at radius 1 is 1.00 bits per heavy atom. The van der Waals surface area contributed by atoms with Gasteiger partial charge in [0, 0.05) is 16.0 Å². The third kappa shape index (κ3) is 1.45. The van der Waals surface area contributed by atoms with Crippen LogP contribution in [0.25, 0.3) is 11.6 Å². The molecule has 0 unspecified atom stereocenters. The maximum atomic E-state index is 5.97. The Hall–Kier alpha value is -0.980. The second kappa shape index (κ2) is 3.26. The number of hydrogen-bond acceptors (Lipinski definition) is 0. The predicted octanol–water partition coefficient (Wildman–Crippen LogP) is 2.59. The molecular weight excluding hydrogens is 227 g/mol. The largest absolute Gasteiger partial charge is 0.0847 e. The molecule has 1 aromatic rings. The van der Waals surface area contributed by atoms with Gasteiger partial charge in [-0.05, 0) is 34.2 Å². The Morgan fingerprint density at radius 3 is 2.73 bits per heavy atom. The molecule has 0 bridgehead atoms. The van der Waals surface area contributed by atoms with Crippen molar-refractivity contribution in [3.8, 4) is 0 Å². The van der Waals surface area contributed by atoms with Crippen LogP contribution in [0.15, 0.2) is 41.5 Å². The van der Waals surface area contributed by atoms with Crippen LogP contribution in [0.5, 0.6) is 0 Å². The lowest BCUT2D eigenvalue weighted by Gasteiger charge is -2.10. The molecule has 0 aromatic heterocycles. The van der Waals surface area contributed by atoms with E-state index in [0.717, 1.165) is 10.1 Å². The van der Waals surface area contributed by atoms with Crippen LogP contribution in [0.4, 0.5) is 0 Å². The second-order valence-corrected chi connectivity index (χ2v) is 4.64. The van der Waals surface area contributed by atoms with Gasteiger partial charge in [0.05, 0.1) is 0 Å². The van der Waals surface area contributed by atoms with Crippen molar-refractivity contribution in [3.63, 3.8) is 0 Å². The van der Waals surface area contributed by atoms with Gasteiger partial charge in [-0.2, -0.15) is 0 Å². The molecule has 1 aromatic carbocycles. The molecule has 2 heteroatoms. The highest BCUT2D eigenvalue weighted by Gasteiger charge is 2.16. The number of fused-ring (bicyclic) bond motifs is 2. The van der Waals surface area contributed by atoms with E-state index in [9.17, 15) is 0 Å². The second-order valence-electron chi connectivity index (χ2n) is 3.76. The lowest BCUT2D eigenvalue weighted by Crippen LogP contribution is -2.22. The number of hydrogen-bond donors (Lipinski definition) is 0. The molecule has 0 spiro atoms. The number of rotatable bonds is 0. The van der Waals surface area contributed by atoms with Crippen molar-refractivity contribution in [2.75, 3.05) is 0 Å². The molecular formula is C13H8Cl2. The molecule has 0 aliphatic heterocycles. The minimum absolute atomic E-state index is 0.316. The summed E-state index contributed by atoms with van der Waals surface area (Å²) in [7, 11) is 0. The van der Waals surface area contributed by atoms with Crippen LogP contribution in [-0.2, 0) is 0 Å². The van der Waals surface area contributed by atoms with E-state index < -0.39 is 0 Å². The summed E-state index contributed by atoms with van der Waals surface area (Å²) in [6.45, 7) is 0. The molecule has 0 radical (unpaired) electrons. The van der Waals surface area contributed by atoms with Crippen molar-refractivity contribution in [2.45, 2.75) is 0 Å². The van der Waals surface area contributed by atoms with E-state index >= 15 is 0 Å². The predicted molar refractivity (Wildman–Crippen MR) is 65.1 cm³/mol. The SMILES string of the molecule is ClC1=C[C@H]2C=c3cc(Cl)ccc3=C2C=C1. The van der Waals surface area contributed by atoms with Crippen molar-refractivity contribution in [3.05, 3.63) is 56.9 Å². The average Bonchev–Trinajstić information content (AvgIpc) is 2.53. The van der Waals surface area contributed by atoms with Gasteiger partial charge in [0.15, 0.2) is 0 Å². The minimum atomic E-state index is 0.316. The van der Waals surface area contributed by atoms with Gasteiger partial charge in [-0.1, -0.05) is 47.5 Å². The summed E-state index contributed by atoms with van der Waals surface area (Å²) in [5.74, 6) is 0.316. The smallest absolute Gasteiger partial charge is 0.0412 e. The van der Waals surface area contributed by atoms with Crippen molar-refractivity contribution < 1.29 is 0 Å². The van der Waals surface area contributed by atoms with E-state index in [1.165, 1.54) is 16.0 Å². The fraction of sp³-hybridized carbons (Fsp3) is 0.0769. The molecule has 3 rings (SSSR count). The topological polar surface area (TPSA) is 0 Å². The van der Waals surface area contributed by atoms with E-state index in [-0.39, 0.29) is 0 Å². The van der Waals surface area contributed by atoms with Crippen LogP contribution in [0.3, 0.4) is 0 Å². The highest BCUT2D eigenvalue weighted by Crippen LogP contribution is 2.27. The first kappa shape index (κ1) is 9.26. The van der Waals surface area contributed by atoms with Gasteiger partial charge in [0.2, 0.25) is 0 Å². The van der Waals surface area contributed by atoms with Crippen LogP contribution >= 0.6 is 23.2 Å². The van der Waals surface area contributed by atoms with Crippen molar-refractivity contribution in [2.24, 2.45) is 5.92 Å². The normalized spacial score (nSPS) is 21.9. The monoisotopic (exact) mass is 234 g/mol. The molecule has 2 aliphatic rings. The maximum Gasteiger partial charge on any atom is 0.0412 e. The summed E-state index contributed by atoms with van der Waals surface area (Å²) >= 11 is 11.9. The Balaban J connectivity index is 2.34. The summed E-state index contributed by atoms with van der Waals surface area (Å²) in [6, 6.07) is 6.00. The Kier molecular flexibility index (Phi) is 2.01. The van der Waals surface area contributed by atoms with Gasteiger partial charge < -0.3 is 0 Å². The molecule has 0 amide bonds. The third-order valence-corrected chi connectivity index (χ3v) is 3.29. The standard InChI is InChI=1S/C13H8Cl2/c14-10-1-3-12-8(6-10)5-9-7-11(15)2-4-13(9)12/h1-8H/t8-/m1/s1. The van der Waals surface area contributed by atoms with Crippen LogP contribution < -0.4 is 10.4 Å². The fourth-order valence-electron chi connectivity index (χ4n) is 2.13. The fourth-order valence-corrected chi connectivity index (χ4v) is 2.51. The van der Waals surface area contributed by atoms with E-state index in [2.05, 4.69) is 24.3 Å². The Bertz CT molecular complexity index is 606. The summed E-state index contributed by atoms with van der Waals surface area (Å²) in [4.78, 5) is 0. The first-order valence-corrected chi connectivity index (χ1v) is 5.57. The minimum Gasteiger partial charge on any atom is -0.0847 e. The van der Waals surface area contributed by atoms with Crippen LogP contribution in [0.2, 0.25) is 5.02 Å². The highest BCUT2D eigenvalue weighted by molar-refractivity contribution is 6.31. The van der Waals surface area contributed by atoms with Gasteiger partial charge in [0.1, 0.15) is 0 Å². The summed E-state index contributed by atoms with van der Waals surface area (Å²) in [5.41, 5.74) is 1.31. The van der Waals surface area contributed by atoms with Gasteiger partial charge >= 0.3 is 0 Å². The molecule has 15 heavy (non-hydrogen) atoms. The van der Waals surface area contributed by atoms with Gasteiger partial charge in [0.25, 0.3) is 0 Å². The van der Waals surface area contributed by atoms with Crippen LogP contribution in [0.1, 0.15) is 0 Å². The van der Waals surface area contributed by atoms with Gasteiger partial charge in [-0.25, -0.2) is 0 Å². The van der Waals surface area contributed by atoms with Crippen molar-refractivity contribution >= 4 is 34.9 Å². The van der Waals surface area contributed by atoms with Gasteiger partial charge in [-0.15, -0.1) is 0 Å². The van der Waals surface area contributed by atoms with Crippen molar-refractivity contribution in [1.82, 2.24) is 0 Å². The molecule has 2 aliphatic carbocycles. The lowest BCUT2D eigenvalue weighted by molar-refractivity contribution is 1.17. The van der Waals surface area contributed by atoms with E-state index in [4.69, 9.17) is 23.2 Å². The molecule has 0 N–H and O–H groups in total. The summed E-state index contributed by atoms with van der Waals surface area (Å²) in [6.07, 6.45) is 8.28. The zero-order valence-electron chi connectivity index (χ0n) is 7.87. The Labute approximate surface area is 97.8 Å². The average molecular weight is 235 g/mol. The molecule has 0 heterocycles. The first-order chi connectivity index (χ1) is 7.24. The maximum absolute atomic E-state index is 5.97.